The van der Waals surface area contributed by atoms with Crippen LogP contribution >= 0.6 is 0 Å². The zero-order valence-electron chi connectivity index (χ0n) is 10.7. The summed E-state index contributed by atoms with van der Waals surface area (Å²) >= 11 is 0. The quantitative estimate of drug-likeness (QED) is 0.722. The van der Waals surface area contributed by atoms with Gasteiger partial charge in [0.05, 0.1) is 5.75 Å². The van der Waals surface area contributed by atoms with Gasteiger partial charge in [0, 0.05) is 25.4 Å². The van der Waals surface area contributed by atoms with Crippen LogP contribution in [0.15, 0.2) is 0 Å². The summed E-state index contributed by atoms with van der Waals surface area (Å²) in [6, 6.07) is -0.309. The minimum absolute atomic E-state index is 0.0124. The van der Waals surface area contributed by atoms with Crippen molar-refractivity contribution in [2.75, 3.05) is 25.2 Å². The molecule has 6 heteroatoms. The van der Waals surface area contributed by atoms with Crippen LogP contribution < -0.4 is 0 Å². The molecule has 1 amide bonds. The Hall–Kier alpha value is -0.620. The number of amides is 1. The van der Waals surface area contributed by atoms with E-state index in [1.54, 1.807) is 20.9 Å². The van der Waals surface area contributed by atoms with E-state index in [0.717, 1.165) is 12.8 Å². The van der Waals surface area contributed by atoms with Gasteiger partial charge in [-0.1, -0.05) is 6.92 Å². The number of sulfone groups is 1. The first-order chi connectivity index (χ1) is 7.87. The molecule has 5 nitrogen and oxygen atoms in total. The Morgan fingerprint density at radius 3 is 2.65 bits per heavy atom. The number of hydrogen-bond donors (Lipinski definition) is 0. The summed E-state index contributed by atoms with van der Waals surface area (Å²) in [4.78, 5) is 13.5. The topological polar surface area (TPSA) is 63.7 Å². The van der Waals surface area contributed by atoms with Crippen molar-refractivity contribution < 1.29 is 17.9 Å². The van der Waals surface area contributed by atoms with Gasteiger partial charge in [-0.05, 0) is 19.8 Å². The highest BCUT2D eigenvalue weighted by atomic mass is 32.2. The predicted octanol–water partition coefficient (Wildman–Crippen LogP) is 0.447. The molecule has 0 N–H and O–H groups in total. The van der Waals surface area contributed by atoms with Gasteiger partial charge in [-0.15, -0.1) is 0 Å². The Balaban J connectivity index is 2.56. The van der Waals surface area contributed by atoms with E-state index in [1.807, 2.05) is 0 Å². The summed E-state index contributed by atoms with van der Waals surface area (Å²) in [5.41, 5.74) is 0. The van der Waals surface area contributed by atoms with E-state index in [2.05, 4.69) is 0 Å². The lowest BCUT2D eigenvalue weighted by Crippen LogP contribution is -2.44. The minimum atomic E-state index is -3.06. The van der Waals surface area contributed by atoms with Gasteiger partial charge < -0.3 is 9.64 Å². The number of rotatable bonds is 5. The van der Waals surface area contributed by atoms with Crippen LogP contribution in [0.4, 0.5) is 0 Å². The molecular formula is C11H21NO4S. The second kappa shape index (κ2) is 5.82. The maximum absolute atomic E-state index is 12.0. The summed E-state index contributed by atoms with van der Waals surface area (Å²) in [6.07, 6.45) is 1.24. The van der Waals surface area contributed by atoms with E-state index in [4.69, 9.17) is 4.74 Å². The second-order valence-corrected chi connectivity index (χ2v) is 6.90. The highest BCUT2D eigenvalue weighted by Gasteiger charge is 2.29. The molecule has 0 spiro atoms. The first-order valence-electron chi connectivity index (χ1n) is 5.96. The van der Waals surface area contributed by atoms with Crippen LogP contribution in [0.25, 0.3) is 0 Å². The molecule has 0 radical (unpaired) electrons. The molecule has 1 aliphatic rings. The number of carbonyl (C=O) groups excluding carboxylic acids is 1. The summed E-state index contributed by atoms with van der Waals surface area (Å²) in [6.45, 7) is 3.98. The Morgan fingerprint density at radius 1 is 1.53 bits per heavy atom. The van der Waals surface area contributed by atoms with Crippen molar-refractivity contribution in [3.8, 4) is 0 Å². The van der Waals surface area contributed by atoms with Gasteiger partial charge in [-0.25, -0.2) is 8.42 Å². The van der Waals surface area contributed by atoms with Crippen molar-refractivity contribution in [3.63, 3.8) is 0 Å². The molecule has 0 aliphatic carbocycles. The molecule has 1 rings (SSSR count). The van der Waals surface area contributed by atoms with Gasteiger partial charge in [0.1, 0.15) is 6.10 Å². The molecule has 1 aliphatic heterocycles. The summed E-state index contributed by atoms with van der Waals surface area (Å²) in [5.74, 6) is 0.0129. The van der Waals surface area contributed by atoms with E-state index in [1.165, 1.54) is 4.90 Å². The lowest BCUT2D eigenvalue weighted by atomic mass is 10.2. The monoisotopic (exact) mass is 263 g/mol. The molecule has 1 heterocycles. The summed E-state index contributed by atoms with van der Waals surface area (Å²) in [5, 5.41) is 0. The fraction of sp³-hybridized carbons (Fsp3) is 0.909. The van der Waals surface area contributed by atoms with Gasteiger partial charge in [0.2, 0.25) is 0 Å². The Morgan fingerprint density at radius 2 is 2.18 bits per heavy atom. The first-order valence-corrected chi connectivity index (χ1v) is 7.78. The van der Waals surface area contributed by atoms with Crippen molar-refractivity contribution in [1.29, 1.82) is 0 Å². The predicted molar refractivity (Wildman–Crippen MR) is 65.5 cm³/mol. The Kier molecular flexibility index (Phi) is 4.94. The Bertz CT molecular complexity index is 360. The van der Waals surface area contributed by atoms with Crippen molar-refractivity contribution >= 4 is 15.7 Å². The van der Waals surface area contributed by atoms with Crippen LogP contribution in [-0.4, -0.2) is 56.5 Å². The fourth-order valence-electron chi connectivity index (χ4n) is 1.81. The van der Waals surface area contributed by atoms with Crippen LogP contribution in [0.1, 0.15) is 26.7 Å². The molecule has 0 aromatic rings. The average Bonchev–Trinajstić information content (AvgIpc) is 2.80. The normalized spacial score (nSPS) is 22.4. The molecule has 1 saturated heterocycles. The van der Waals surface area contributed by atoms with E-state index in [9.17, 15) is 13.2 Å². The highest BCUT2D eigenvalue weighted by Crippen LogP contribution is 2.15. The van der Waals surface area contributed by atoms with Gasteiger partial charge in [0.25, 0.3) is 5.91 Å². The van der Waals surface area contributed by atoms with Crippen molar-refractivity contribution in [2.45, 2.75) is 38.8 Å². The molecule has 1 fully saturated rings. The number of hydrogen-bond acceptors (Lipinski definition) is 4. The molecule has 0 saturated carbocycles. The third kappa shape index (κ3) is 3.96. The van der Waals surface area contributed by atoms with Gasteiger partial charge >= 0.3 is 0 Å². The molecular weight excluding hydrogens is 242 g/mol. The minimum Gasteiger partial charge on any atom is -0.368 e. The number of nitrogens with zero attached hydrogens (tertiary/aromatic N) is 1. The molecule has 0 aromatic carbocycles. The SMILES string of the molecule is CCS(=O)(=O)CC(C)N(C)C(=O)C1CCCO1. The third-order valence-corrected chi connectivity index (χ3v) is 5.02. The zero-order valence-corrected chi connectivity index (χ0v) is 11.5. The first kappa shape index (κ1) is 14.4. The lowest BCUT2D eigenvalue weighted by Gasteiger charge is -2.26. The zero-order chi connectivity index (χ0) is 13.1. The maximum Gasteiger partial charge on any atom is 0.251 e. The lowest BCUT2D eigenvalue weighted by molar-refractivity contribution is -0.141. The summed E-state index contributed by atoms with van der Waals surface area (Å²) in [7, 11) is -1.42. The van der Waals surface area contributed by atoms with Crippen LogP contribution in [0.5, 0.6) is 0 Å². The highest BCUT2D eigenvalue weighted by molar-refractivity contribution is 7.91. The number of likely N-dealkylation sites (N-methyl/N-ethyl adjacent to an activating group) is 1. The number of ether oxygens (including phenoxy) is 1. The maximum atomic E-state index is 12.0. The van der Waals surface area contributed by atoms with Crippen LogP contribution in [0.3, 0.4) is 0 Å². The fourth-order valence-corrected chi connectivity index (χ4v) is 3.01. The second-order valence-electron chi connectivity index (χ2n) is 4.50. The van der Waals surface area contributed by atoms with E-state index >= 15 is 0 Å². The average molecular weight is 263 g/mol. The molecule has 17 heavy (non-hydrogen) atoms. The molecule has 0 aromatic heterocycles. The van der Waals surface area contributed by atoms with Gasteiger partial charge in [0.15, 0.2) is 9.84 Å². The van der Waals surface area contributed by atoms with Crippen LogP contribution in [0.2, 0.25) is 0 Å². The smallest absolute Gasteiger partial charge is 0.251 e. The van der Waals surface area contributed by atoms with E-state index in [-0.39, 0.29) is 29.6 Å². The number of carbonyl (C=O) groups is 1. The third-order valence-electron chi connectivity index (χ3n) is 3.15. The van der Waals surface area contributed by atoms with Crippen LogP contribution in [-0.2, 0) is 19.4 Å². The molecule has 100 valence electrons. The van der Waals surface area contributed by atoms with Crippen molar-refractivity contribution in [1.82, 2.24) is 4.90 Å². The molecule has 0 bridgehead atoms. The van der Waals surface area contributed by atoms with Crippen molar-refractivity contribution in [2.24, 2.45) is 0 Å². The van der Waals surface area contributed by atoms with E-state index < -0.39 is 9.84 Å². The molecule has 2 unspecified atom stereocenters. The van der Waals surface area contributed by atoms with Gasteiger partial charge in [-0.2, -0.15) is 0 Å². The van der Waals surface area contributed by atoms with Crippen LogP contribution in [0, 0.1) is 0 Å². The van der Waals surface area contributed by atoms with Gasteiger partial charge in [-0.3, -0.25) is 4.79 Å². The standard InChI is InChI=1S/C11H21NO4S/c1-4-17(14,15)8-9(2)12(3)11(13)10-6-5-7-16-10/h9-10H,4-8H2,1-3H3. The Labute approximate surface area is 103 Å². The van der Waals surface area contributed by atoms with E-state index in [0.29, 0.717) is 6.61 Å². The van der Waals surface area contributed by atoms with Crippen molar-refractivity contribution in [3.05, 3.63) is 0 Å². The largest absolute Gasteiger partial charge is 0.368 e. The summed E-state index contributed by atoms with van der Waals surface area (Å²) < 4.78 is 28.3. The molecule has 2 atom stereocenters.